The maximum Gasteiger partial charge on any atom is 0.266 e. The zero-order valence-electron chi connectivity index (χ0n) is 16.0. The van der Waals surface area contributed by atoms with Gasteiger partial charge in [0, 0.05) is 37.3 Å². The lowest BCUT2D eigenvalue weighted by molar-refractivity contribution is 0.0766. The van der Waals surface area contributed by atoms with Crippen LogP contribution in [0.3, 0.4) is 0 Å². The highest BCUT2D eigenvalue weighted by Crippen LogP contribution is 2.20. The molecule has 0 aliphatic carbocycles. The molecule has 7 heteroatoms. The summed E-state index contributed by atoms with van der Waals surface area (Å²) in [6.45, 7) is 7.24. The van der Waals surface area contributed by atoms with Crippen molar-refractivity contribution in [2.24, 2.45) is 5.92 Å². The summed E-state index contributed by atoms with van der Waals surface area (Å²) in [5, 5.41) is 17.8. The average molecular weight is 374 g/mol. The average Bonchev–Trinajstić information content (AvgIpc) is 3.00. The van der Waals surface area contributed by atoms with Gasteiger partial charge in [0.2, 0.25) is 0 Å². The lowest BCUT2D eigenvalue weighted by Gasteiger charge is -2.39. The zero-order chi connectivity index (χ0) is 19.7. The molecule has 4 rings (SSSR count). The van der Waals surface area contributed by atoms with Crippen molar-refractivity contribution in [1.82, 2.24) is 24.5 Å². The molecule has 1 aromatic carbocycles. The topological polar surface area (TPSA) is 79.7 Å². The molecule has 0 amide bonds. The quantitative estimate of drug-likeness (QED) is 0.683. The van der Waals surface area contributed by atoms with Crippen molar-refractivity contribution in [3.05, 3.63) is 75.3 Å². The van der Waals surface area contributed by atoms with Crippen LogP contribution in [0.1, 0.15) is 22.5 Å². The minimum absolute atomic E-state index is 0.0872. The summed E-state index contributed by atoms with van der Waals surface area (Å²) in [4.78, 5) is 14.6. The first-order chi connectivity index (χ1) is 13.5. The summed E-state index contributed by atoms with van der Waals surface area (Å²) in [6.07, 6.45) is 0. The standard InChI is InChI=1S/C21H22N6O/c1-15-9-16(2)27(23-15)20-7-8-21(28)26(24-20)14-19-12-25(13-19)11-18-5-3-17(10-22)4-6-18/h3-9,19H,11-14H2,1-2H3. The fourth-order valence-electron chi connectivity index (χ4n) is 3.65. The van der Waals surface area contributed by atoms with E-state index in [1.165, 1.54) is 5.56 Å². The molecule has 0 bridgehead atoms. The normalized spacial score (nSPS) is 14.6. The van der Waals surface area contributed by atoms with Gasteiger partial charge < -0.3 is 0 Å². The predicted molar refractivity (Wildman–Crippen MR) is 105 cm³/mol. The Hall–Kier alpha value is -3.24. The van der Waals surface area contributed by atoms with Crippen LogP contribution in [0.5, 0.6) is 0 Å². The van der Waals surface area contributed by atoms with Crippen LogP contribution in [-0.2, 0) is 13.1 Å². The molecule has 1 saturated heterocycles. The SMILES string of the molecule is Cc1cc(C)n(-c2ccc(=O)n(CC3CN(Cc4ccc(C#N)cc4)C3)n2)n1. The Morgan fingerprint density at radius 3 is 2.50 bits per heavy atom. The van der Waals surface area contributed by atoms with E-state index in [9.17, 15) is 4.79 Å². The summed E-state index contributed by atoms with van der Waals surface area (Å²) in [5.41, 5.74) is 3.70. The van der Waals surface area contributed by atoms with Crippen molar-refractivity contribution >= 4 is 0 Å². The van der Waals surface area contributed by atoms with Crippen LogP contribution in [0.25, 0.3) is 5.82 Å². The molecule has 1 aliphatic rings. The van der Waals surface area contributed by atoms with E-state index in [1.807, 2.05) is 44.2 Å². The number of hydrogen-bond donors (Lipinski definition) is 0. The fourth-order valence-corrected chi connectivity index (χ4v) is 3.65. The zero-order valence-corrected chi connectivity index (χ0v) is 16.0. The summed E-state index contributed by atoms with van der Waals surface area (Å²) < 4.78 is 3.32. The molecule has 1 fully saturated rings. The van der Waals surface area contributed by atoms with Gasteiger partial charge in [-0.15, -0.1) is 5.10 Å². The van der Waals surface area contributed by atoms with Crippen molar-refractivity contribution in [2.75, 3.05) is 13.1 Å². The van der Waals surface area contributed by atoms with E-state index in [0.29, 0.717) is 23.8 Å². The maximum absolute atomic E-state index is 12.2. The van der Waals surface area contributed by atoms with Gasteiger partial charge in [-0.1, -0.05) is 12.1 Å². The molecular formula is C21H22N6O. The molecule has 2 aromatic heterocycles. The van der Waals surface area contributed by atoms with Crippen molar-refractivity contribution in [3.8, 4) is 11.9 Å². The number of benzene rings is 1. The van der Waals surface area contributed by atoms with Crippen molar-refractivity contribution in [3.63, 3.8) is 0 Å². The molecule has 142 valence electrons. The number of aromatic nitrogens is 4. The Morgan fingerprint density at radius 1 is 1.11 bits per heavy atom. The molecule has 7 nitrogen and oxygen atoms in total. The second kappa shape index (κ2) is 7.41. The second-order valence-corrected chi connectivity index (χ2v) is 7.42. The monoisotopic (exact) mass is 374 g/mol. The van der Waals surface area contributed by atoms with Crippen molar-refractivity contribution < 1.29 is 0 Å². The van der Waals surface area contributed by atoms with E-state index in [1.54, 1.807) is 21.5 Å². The highest BCUT2D eigenvalue weighted by atomic mass is 16.1. The molecule has 1 aliphatic heterocycles. The van der Waals surface area contributed by atoms with Gasteiger partial charge in [0.25, 0.3) is 5.56 Å². The third-order valence-corrected chi connectivity index (χ3v) is 5.03. The lowest BCUT2D eigenvalue weighted by Crippen LogP contribution is -2.48. The van der Waals surface area contributed by atoms with Crippen molar-refractivity contribution in [1.29, 1.82) is 5.26 Å². The van der Waals surface area contributed by atoms with E-state index in [0.717, 1.165) is 31.0 Å². The predicted octanol–water partition coefficient (Wildman–Crippen LogP) is 2.05. The minimum atomic E-state index is -0.0872. The molecule has 0 spiro atoms. The molecule has 28 heavy (non-hydrogen) atoms. The van der Waals surface area contributed by atoms with Gasteiger partial charge in [-0.2, -0.15) is 10.4 Å². The Balaban J connectivity index is 1.39. The summed E-state index contributed by atoms with van der Waals surface area (Å²) in [7, 11) is 0. The molecular weight excluding hydrogens is 352 g/mol. The van der Waals surface area contributed by atoms with Gasteiger partial charge in [-0.25, -0.2) is 9.36 Å². The van der Waals surface area contributed by atoms with Gasteiger partial charge >= 0.3 is 0 Å². The Bertz CT molecular complexity index is 1080. The molecule has 0 N–H and O–H groups in total. The number of nitriles is 1. The fraction of sp³-hybridized carbons (Fsp3) is 0.333. The largest absolute Gasteiger partial charge is 0.298 e. The highest BCUT2D eigenvalue weighted by molar-refractivity contribution is 5.31. The summed E-state index contributed by atoms with van der Waals surface area (Å²) in [5.74, 6) is 1.07. The first kappa shape index (κ1) is 18.1. The highest BCUT2D eigenvalue weighted by Gasteiger charge is 2.27. The van der Waals surface area contributed by atoms with Crippen LogP contribution in [0.15, 0.2) is 47.3 Å². The molecule has 0 radical (unpaired) electrons. The first-order valence-corrected chi connectivity index (χ1v) is 9.35. The molecule has 3 heterocycles. The molecule has 0 saturated carbocycles. The second-order valence-electron chi connectivity index (χ2n) is 7.42. The van der Waals surface area contributed by atoms with E-state index < -0.39 is 0 Å². The van der Waals surface area contributed by atoms with E-state index in [-0.39, 0.29) is 5.56 Å². The lowest BCUT2D eigenvalue weighted by atomic mass is 9.99. The van der Waals surface area contributed by atoms with Crippen LogP contribution in [0.2, 0.25) is 0 Å². The van der Waals surface area contributed by atoms with Crippen LogP contribution in [0.4, 0.5) is 0 Å². The maximum atomic E-state index is 12.2. The van der Waals surface area contributed by atoms with Gasteiger partial charge in [0.05, 0.1) is 23.9 Å². The van der Waals surface area contributed by atoms with Crippen LogP contribution in [0, 0.1) is 31.1 Å². The summed E-state index contributed by atoms with van der Waals surface area (Å²) >= 11 is 0. The molecule has 0 atom stereocenters. The van der Waals surface area contributed by atoms with E-state index in [2.05, 4.69) is 21.2 Å². The number of hydrogen-bond acceptors (Lipinski definition) is 5. The van der Waals surface area contributed by atoms with E-state index >= 15 is 0 Å². The number of aryl methyl sites for hydroxylation is 2. The number of likely N-dealkylation sites (tertiary alicyclic amines) is 1. The smallest absolute Gasteiger partial charge is 0.266 e. The van der Waals surface area contributed by atoms with Gasteiger partial charge in [0.15, 0.2) is 5.82 Å². The van der Waals surface area contributed by atoms with E-state index in [4.69, 9.17) is 5.26 Å². The van der Waals surface area contributed by atoms with Crippen molar-refractivity contribution in [2.45, 2.75) is 26.9 Å². The number of rotatable bonds is 5. The first-order valence-electron chi connectivity index (χ1n) is 9.35. The van der Waals surface area contributed by atoms with Gasteiger partial charge in [-0.3, -0.25) is 9.69 Å². The van der Waals surface area contributed by atoms with Crippen LogP contribution in [-0.4, -0.2) is 37.6 Å². The summed E-state index contributed by atoms with van der Waals surface area (Å²) in [6, 6.07) is 15.1. The Kier molecular flexibility index (Phi) is 4.80. The van der Waals surface area contributed by atoms with Crippen LogP contribution >= 0.6 is 0 Å². The van der Waals surface area contributed by atoms with Crippen LogP contribution < -0.4 is 5.56 Å². The van der Waals surface area contributed by atoms with Gasteiger partial charge in [-0.05, 0) is 43.7 Å². The molecule has 3 aromatic rings. The number of nitrogens with zero attached hydrogens (tertiary/aromatic N) is 6. The minimum Gasteiger partial charge on any atom is -0.298 e. The third kappa shape index (κ3) is 3.73. The Morgan fingerprint density at radius 2 is 1.86 bits per heavy atom. The molecule has 0 unspecified atom stereocenters. The van der Waals surface area contributed by atoms with Gasteiger partial charge in [0.1, 0.15) is 0 Å². The Labute approximate surface area is 163 Å². The third-order valence-electron chi connectivity index (χ3n) is 5.03.